The molecule has 1 saturated heterocycles. The number of para-hydroxylation sites is 1. The highest BCUT2D eigenvalue weighted by Gasteiger charge is 2.32. The average molecular weight is 583 g/mol. The van der Waals surface area contributed by atoms with Crippen LogP contribution in [0.1, 0.15) is 42.2 Å². The SMILES string of the molecule is CCC1CN(C(C)c2cc(F)c(F)c(F)c2)CCN1C(=O)c1ccc(NS(=O)(=O)c2cccc3cccnc23)cc1. The number of fused-ring (bicyclic) bond motifs is 1. The lowest BCUT2D eigenvalue weighted by Crippen LogP contribution is -2.55. The van der Waals surface area contributed by atoms with Crippen LogP contribution in [0.3, 0.4) is 0 Å². The molecule has 1 amide bonds. The minimum Gasteiger partial charge on any atom is -0.333 e. The zero-order valence-corrected chi connectivity index (χ0v) is 23.3. The Hall–Kier alpha value is -3.96. The van der Waals surface area contributed by atoms with E-state index in [0.717, 1.165) is 12.1 Å². The highest BCUT2D eigenvalue weighted by Crippen LogP contribution is 2.28. The first-order valence-electron chi connectivity index (χ1n) is 13.2. The Kier molecular flexibility index (Phi) is 8.01. The summed E-state index contributed by atoms with van der Waals surface area (Å²) in [6, 6.07) is 16.2. The number of sulfonamides is 1. The number of hydrogen-bond donors (Lipinski definition) is 1. The summed E-state index contributed by atoms with van der Waals surface area (Å²) in [5.74, 6) is -4.15. The van der Waals surface area contributed by atoms with Crippen LogP contribution in [0.15, 0.2) is 77.8 Å². The van der Waals surface area contributed by atoms with E-state index >= 15 is 0 Å². The molecule has 1 aliphatic heterocycles. The molecule has 1 aliphatic rings. The van der Waals surface area contributed by atoms with E-state index in [1.165, 1.54) is 12.3 Å². The summed E-state index contributed by atoms with van der Waals surface area (Å²) in [7, 11) is -3.93. The zero-order chi connectivity index (χ0) is 29.3. The monoisotopic (exact) mass is 582 g/mol. The van der Waals surface area contributed by atoms with Gasteiger partial charge in [0.05, 0.1) is 5.52 Å². The van der Waals surface area contributed by atoms with Crippen molar-refractivity contribution in [3.63, 3.8) is 0 Å². The van der Waals surface area contributed by atoms with E-state index in [2.05, 4.69) is 9.71 Å². The maximum atomic E-state index is 13.8. The van der Waals surface area contributed by atoms with Gasteiger partial charge in [0.15, 0.2) is 17.5 Å². The van der Waals surface area contributed by atoms with E-state index in [1.807, 2.05) is 11.8 Å². The maximum Gasteiger partial charge on any atom is 0.264 e. The van der Waals surface area contributed by atoms with Crippen LogP contribution in [0.2, 0.25) is 0 Å². The number of amides is 1. The lowest BCUT2D eigenvalue weighted by atomic mass is 10.0. The number of aromatic nitrogens is 1. The number of halogens is 3. The number of piperazine rings is 1. The summed E-state index contributed by atoms with van der Waals surface area (Å²) in [4.78, 5) is 21.5. The molecule has 2 atom stereocenters. The van der Waals surface area contributed by atoms with Crippen molar-refractivity contribution in [1.29, 1.82) is 0 Å². The first kappa shape index (κ1) is 28.6. The molecule has 1 fully saturated rings. The number of carbonyl (C=O) groups excluding carboxylic acids is 1. The Balaban J connectivity index is 1.28. The third-order valence-electron chi connectivity index (χ3n) is 7.55. The van der Waals surface area contributed by atoms with E-state index in [9.17, 15) is 26.4 Å². The summed E-state index contributed by atoms with van der Waals surface area (Å²) in [6.45, 7) is 5.07. The summed E-state index contributed by atoms with van der Waals surface area (Å²) in [5, 5.41) is 0.702. The van der Waals surface area contributed by atoms with Gasteiger partial charge in [0.25, 0.3) is 15.9 Å². The zero-order valence-electron chi connectivity index (χ0n) is 22.5. The van der Waals surface area contributed by atoms with Crippen LogP contribution in [0.5, 0.6) is 0 Å². The molecule has 0 radical (unpaired) electrons. The van der Waals surface area contributed by atoms with Crippen LogP contribution in [0, 0.1) is 17.5 Å². The minimum absolute atomic E-state index is 0.0553. The number of benzene rings is 3. The lowest BCUT2D eigenvalue weighted by molar-refractivity contribution is 0.0355. The Morgan fingerprint density at radius 2 is 1.71 bits per heavy atom. The minimum atomic E-state index is -3.93. The Labute approximate surface area is 236 Å². The van der Waals surface area contributed by atoms with Gasteiger partial charge in [-0.05, 0) is 67.4 Å². The van der Waals surface area contributed by atoms with Crippen LogP contribution in [0.4, 0.5) is 18.9 Å². The summed E-state index contributed by atoms with van der Waals surface area (Å²) in [5.41, 5.74) is 1.40. The molecule has 1 aromatic heterocycles. The molecule has 0 saturated carbocycles. The van der Waals surface area contributed by atoms with Crippen molar-refractivity contribution in [3.05, 3.63) is 102 Å². The Morgan fingerprint density at radius 3 is 2.39 bits per heavy atom. The van der Waals surface area contributed by atoms with Gasteiger partial charge in [-0.3, -0.25) is 19.4 Å². The molecule has 0 aliphatic carbocycles. The summed E-state index contributed by atoms with van der Waals surface area (Å²) in [6.07, 6.45) is 2.19. The molecular weight excluding hydrogens is 553 g/mol. The van der Waals surface area contributed by atoms with Gasteiger partial charge in [0.1, 0.15) is 4.90 Å². The van der Waals surface area contributed by atoms with Crippen LogP contribution in [0.25, 0.3) is 10.9 Å². The molecule has 2 heterocycles. The first-order chi connectivity index (χ1) is 19.6. The van der Waals surface area contributed by atoms with E-state index in [0.29, 0.717) is 53.8 Å². The van der Waals surface area contributed by atoms with E-state index < -0.39 is 27.5 Å². The number of carbonyl (C=O) groups is 1. The van der Waals surface area contributed by atoms with Gasteiger partial charge in [-0.2, -0.15) is 0 Å². The van der Waals surface area contributed by atoms with Gasteiger partial charge < -0.3 is 4.90 Å². The van der Waals surface area contributed by atoms with E-state index in [4.69, 9.17) is 0 Å². The molecule has 1 N–H and O–H groups in total. The molecule has 7 nitrogen and oxygen atoms in total. The number of rotatable bonds is 7. The molecule has 5 rings (SSSR count). The Morgan fingerprint density at radius 1 is 1.02 bits per heavy atom. The molecule has 11 heteroatoms. The Bertz CT molecular complexity index is 1670. The fraction of sp³-hybridized carbons (Fsp3) is 0.267. The third kappa shape index (κ3) is 5.77. The number of nitrogens with zero attached hydrogens (tertiary/aromatic N) is 3. The van der Waals surface area contributed by atoms with Crippen molar-refractivity contribution in [2.24, 2.45) is 0 Å². The van der Waals surface area contributed by atoms with Crippen LogP contribution in [-0.4, -0.2) is 54.8 Å². The predicted molar refractivity (Wildman–Crippen MR) is 150 cm³/mol. The van der Waals surface area contributed by atoms with Crippen molar-refractivity contribution < 1.29 is 26.4 Å². The smallest absolute Gasteiger partial charge is 0.264 e. The van der Waals surface area contributed by atoms with E-state index in [-0.39, 0.29) is 22.9 Å². The van der Waals surface area contributed by atoms with Crippen molar-refractivity contribution in [3.8, 4) is 0 Å². The standard InChI is InChI=1S/C30H29F3N4O3S/c1-3-24-18-36(19(2)22-16-25(31)28(33)26(32)17-22)14-15-37(24)30(38)21-9-11-23(12-10-21)35-41(39,40)27-8-4-6-20-7-5-13-34-29(20)27/h4-13,16-17,19,24,35H,3,14-15,18H2,1-2H3. The van der Waals surface area contributed by atoms with Crippen LogP contribution >= 0.6 is 0 Å². The van der Waals surface area contributed by atoms with Gasteiger partial charge in [-0.1, -0.05) is 25.1 Å². The van der Waals surface area contributed by atoms with Crippen molar-refractivity contribution >= 4 is 32.5 Å². The van der Waals surface area contributed by atoms with Gasteiger partial charge >= 0.3 is 0 Å². The molecule has 214 valence electrons. The molecule has 41 heavy (non-hydrogen) atoms. The van der Waals surface area contributed by atoms with Gasteiger partial charge in [0, 0.05) is 54.6 Å². The van der Waals surface area contributed by atoms with Crippen molar-refractivity contribution in [2.45, 2.75) is 37.2 Å². The normalized spacial score (nSPS) is 17.0. The fourth-order valence-electron chi connectivity index (χ4n) is 5.22. The van der Waals surface area contributed by atoms with Gasteiger partial charge in [-0.25, -0.2) is 21.6 Å². The summed E-state index contributed by atoms with van der Waals surface area (Å²) >= 11 is 0. The average Bonchev–Trinajstić information content (AvgIpc) is 2.98. The highest BCUT2D eigenvalue weighted by atomic mass is 32.2. The number of pyridine rings is 1. The molecular formula is C30H29F3N4O3S. The molecule has 0 spiro atoms. The first-order valence-corrected chi connectivity index (χ1v) is 14.7. The second-order valence-corrected chi connectivity index (χ2v) is 11.7. The van der Waals surface area contributed by atoms with Gasteiger partial charge in [0.2, 0.25) is 0 Å². The van der Waals surface area contributed by atoms with Crippen molar-refractivity contribution in [2.75, 3.05) is 24.4 Å². The van der Waals surface area contributed by atoms with Crippen molar-refractivity contribution in [1.82, 2.24) is 14.8 Å². The quantitative estimate of drug-likeness (QED) is 0.281. The van der Waals surface area contributed by atoms with Gasteiger partial charge in [-0.15, -0.1) is 0 Å². The molecule has 3 aromatic carbocycles. The molecule has 2 unspecified atom stereocenters. The van der Waals surface area contributed by atoms with E-state index in [1.54, 1.807) is 60.4 Å². The largest absolute Gasteiger partial charge is 0.333 e. The van der Waals surface area contributed by atoms with Crippen LogP contribution in [-0.2, 0) is 10.0 Å². The second kappa shape index (κ2) is 11.5. The number of nitrogens with one attached hydrogen (secondary N) is 1. The third-order valence-corrected chi connectivity index (χ3v) is 8.96. The highest BCUT2D eigenvalue weighted by molar-refractivity contribution is 7.93. The fourth-order valence-corrected chi connectivity index (χ4v) is 6.46. The van der Waals surface area contributed by atoms with Crippen LogP contribution < -0.4 is 4.72 Å². The second-order valence-electron chi connectivity index (χ2n) is 10.0. The number of anilines is 1. The topological polar surface area (TPSA) is 82.6 Å². The molecule has 4 aromatic rings. The summed E-state index contributed by atoms with van der Waals surface area (Å²) < 4.78 is 69.8. The lowest BCUT2D eigenvalue weighted by Gasteiger charge is -2.43. The molecule has 0 bridgehead atoms. The predicted octanol–water partition coefficient (Wildman–Crippen LogP) is 5.75. The maximum absolute atomic E-state index is 13.8. The number of hydrogen-bond acceptors (Lipinski definition) is 5.